The van der Waals surface area contributed by atoms with Crippen molar-refractivity contribution in [1.82, 2.24) is 5.32 Å². The lowest BCUT2D eigenvalue weighted by Gasteiger charge is -2.00. The number of hydrogen-bond donors (Lipinski definition) is 2. The predicted molar refractivity (Wildman–Crippen MR) is 76.4 cm³/mol. The smallest absolute Gasteiger partial charge is 0.243 e. The van der Waals surface area contributed by atoms with Crippen molar-refractivity contribution in [2.24, 2.45) is 0 Å². The molecule has 0 bridgehead atoms. The van der Waals surface area contributed by atoms with Crippen LogP contribution < -0.4 is 11.1 Å². The van der Waals surface area contributed by atoms with E-state index in [9.17, 15) is 9.00 Å². The standard InChI is InChI=1S/C13H18N2O2S/c1-18(17)9-3-8-15-13(16)7-6-11-4-2-5-12(14)10-11/h2,4-7,10H,3,8-9,14H2,1H3,(H,15,16)/b7-6+. The van der Waals surface area contributed by atoms with Crippen molar-refractivity contribution in [3.05, 3.63) is 35.9 Å². The second-order valence-electron chi connectivity index (χ2n) is 3.93. The van der Waals surface area contributed by atoms with Crippen molar-refractivity contribution in [3.8, 4) is 0 Å². The Morgan fingerprint density at radius 3 is 2.94 bits per heavy atom. The van der Waals surface area contributed by atoms with Crippen LogP contribution in [-0.2, 0) is 15.6 Å². The summed E-state index contributed by atoms with van der Waals surface area (Å²) in [6, 6.07) is 7.30. The van der Waals surface area contributed by atoms with E-state index in [4.69, 9.17) is 5.73 Å². The molecule has 0 aliphatic rings. The highest BCUT2D eigenvalue weighted by Crippen LogP contribution is 2.07. The van der Waals surface area contributed by atoms with Crippen LogP contribution in [0.15, 0.2) is 30.3 Å². The second kappa shape index (κ2) is 7.66. The molecule has 98 valence electrons. The van der Waals surface area contributed by atoms with Gasteiger partial charge in [-0.1, -0.05) is 12.1 Å². The number of nitrogens with two attached hydrogens (primary N) is 1. The van der Waals surface area contributed by atoms with Gasteiger partial charge in [-0.2, -0.15) is 0 Å². The zero-order chi connectivity index (χ0) is 13.4. The molecule has 1 aromatic carbocycles. The number of carbonyl (C=O) groups is 1. The molecule has 0 aromatic heterocycles. The molecule has 5 heteroatoms. The van der Waals surface area contributed by atoms with Gasteiger partial charge < -0.3 is 11.1 Å². The fraction of sp³-hybridized carbons (Fsp3) is 0.308. The fourth-order valence-corrected chi connectivity index (χ4v) is 1.93. The molecule has 0 heterocycles. The van der Waals surface area contributed by atoms with Gasteiger partial charge in [0, 0.05) is 41.1 Å². The molecule has 0 spiro atoms. The van der Waals surface area contributed by atoms with Crippen LogP contribution in [0.3, 0.4) is 0 Å². The third-order valence-electron chi connectivity index (χ3n) is 2.25. The van der Waals surface area contributed by atoms with Crippen molar-refractivity contribution < 1.29 is 9.00 Å². The Bertz CT molecular complexity index is 458. The molecule has 1 unspecified atom stereocenters. The fourth-order valence-electron chi connectivity index (χ4n) is 1.38. The minimum atomic E-state index is -0.800. The van der Waals surface area contributed by atoms with Crippen molar-refractivity contribution >= 4 is 28.5 Å². The average molecular weight is 266 g/mol. The maximum atomic E-state index is 11.4. The lowest BCUT2D eigenvalue weighted by Crippen LogP contribution is -2.23. The summed E-state index contributed by atoms with van der Waals surface area (Å²) in [5, 5.41) is 2.73. The van der Waals surface area contributed by atoms with Gasteiger partial charge in [0.25, 0.3) is 0 Å². The number of anilines is 1. The molecule has 0 aliphatic heterocycles. The highest BCUT2D eigenvalue weighted by atomic mass is 32.2. The molecule has 4 nitrogen and oxygen atoms in total. The number of nitrogens with one attached hydrogen (secondary N) is 1. The maximum absolute atomic E-state index is 11.4. The number of benzene rings is 1. The van der Waals surface area contributed by atoms with Gasteiger partial charge in [-0.05, 0) is 30.2 Å². The molecule has 0 radical (unpaired) electrons. The quantitative estimate of drug-likeness (QED) is 0.461. The first-order valence-electron chi connectivity index (χ1n) is 5.69. The number of amides is 1. The number of nitrogen functional groups attached to an aromatic ring is 1. The average Bonchev–Trinajstić information content (AvgIpc) is 2.32. The zero-order valence-corrected chi connectivity index (χ0v) is 11.2. The lowest BCUT2D eigenvalue weighted by molar-refractivity contribution is -0.116. The molecule has 3 N–H and O–H groups in total. The van der Waals surface area contributed by atoms with Crippen LogP contribution >= 0.6 is 0 Å². The van der Waals surface area contributed by atoms with E-state index in [0.717, 1.165) is 12.0 Å². The molecule has 0 aliphatic carbocycles. The molecule has 1 rings (SSSR count). The topological polar surface area (TPSA) is 72.2 Å². The summed E-state index contributed by atoms with van der Waals surface area (Å²) in [7, 11) is -0.800. The van der Waals surface area contributed by atoms with Gasteiger partial charge in [0.1, 0.15) is 0 Å². The SMILES string of the molecule is CS(=O)CCCNC(=O)/C=C/c1cccc(N)c1. The Kier molecular flexibility index (Phi) is 6.14. The number of carbonyl (C=O) groups excluding carboxylic acids is 1. The highest BCUT2D eigenvalue weighted by Gasteiger charge is 1.96. The summed E-state index contributed by atoms with van der Waals surface area (Å²) in [4.78, 5) is 11.4. The van der Waals surface area contributed by atoms with Crippen LogP contribution in [-0.4, -0.2) is 28.7 Å². The van der Waals surface area contributed by atoms with Crippen molar-refractivity contribution in [2.75, 3.05) is 24.3 Å². The molecule has 0 saturated carbocycles. The Morgan fingerprint density at radius 1 is 1.50 bits per heavy atom. The van der Waals surface area contributed by atoms with E-state index in [1.807, 2.05) is 12.1 Å². The Balaban J connectivity index is 2.33. The van der Waals surface area contributed by atoms with Gasteiger partial charge in [-0.25, -0.2) is 0 Å². The first kappa shape index (κ1) is 14.4. The van der Waals surface area contributed by atoms with Crippen molar-refractivity contribution in [1.29, 1.82) is 0 Å². The molecular weight excluding hydrogens is 248 g/mol. The summed E-state index contributed by atoms with van der Waals surface area (Å²) in [6.45, 7) is 0.541. The van der Waals surface area contributed by atoms with Gasteiger partial charge in [0.15, 0.2) is 0 Å². The Hall–Kier alpha value is -1.62. The lowest BCUT2D eigenvalue weighted by atomic mass is 10.2. The van der Waals surface area contributed by atoms with E-state index in [2.05, 4.69) is 5.32 Å². The van der Waals surface area contributed by atoms with Gasteiger partial charge in [-0.3, -0.25) is 9.00 Å². The normalized spacial score (nSPS) is 12.5. The molecule has 1 aromatic rings. The van der Waals surface area contributed by atoms with Gasteiger partial charge in [0.2, 0.25) is 5.91 Å². The number of hydrogen-bond acceptors (Lipinski definition) is 3. The molecular formula is C13H18N2O2S. The first-order valence-corrected chi connectivity index (χ1v) is 7.42. The minimum Gasteiger partial charge on any atom is -0.399 e. The third-order valence-corrected chi connectivity index (χ3v) is 3.11. The predicted octanol–water partition coefficient (Wildman–Crippen LogP) is 1.17. The van der Waals surface area contributed by atoms with E-state index in [1.165, 1.54) is 6.08 Å². The largest absolute Gasteiger partial charge is 0.399 e. The molecule has 1 amide bonds. The van der Waals surface area contributed by atoms with Crippen LogP contribution in [0.2, 0.25) is 0 Å². The summed E-state index contributed by atoms with van der Waals surface area (Å²) in [5.74, 6) is 0.457. The summed E-state index contributed by atoms with van der Waals surface area (Å²) in [5.41, 5.74) is 7.19. The van der Waals surface area contributed by atoms with E-state index in [0.29, 0.717) is 18.0 Å². The molecule has 0 saturated heterocycles. The molecule has 1 atom stereocenters. The minimum absolute atomic E-state index is 0.153. The van der Waals surface area contributed by atoms with Gasteiger partial charge >= 0.3 is 0 Å². The van der Waals surface area contributed by atoms with E-state index in [1.54, 1.807) is 24.5 Å². The van der Waals surface area contributed by atoms with E-state index in [-0.39, 0.29) is 5.91 Å². The third kappa shape index (κ3) is 6.20. The van der Waals surface area contributed by atoms with Crippen LogP contribution in [0.5, 0.6) is 0 Å². The Morgan fingerprint density at radius 2 is 2.28 bits per heavy atom. The maximum Gasteiger partial charge on any atom is 0.243 e. The van der Waals surface area contributed by atoms with Gasteiger partial charge in [0.05, 0.1) is 0 Å². The van der Waals surface area contributed by atoms with Crippen LogP contribution in [0, 0.1) is 0 Å². The first-order chi connectivity index (χ1) is 8.58. The number of rotatable bonds is 6. The Labute approximate surface area is 110 Å². The second-order valence-corrected chi connectivity index (χ2v) is 5.48. The summed E-state index contributed by atoms with van der Waals surface area (Å²) in [6.07, 6.45) is 5.56. The highest BCUT2D eigenvalue weighted by molar-refractivity contribution is 7.84. The van der Waals surface area contributed by atoms with Crippen LogP contribution in [0.1, 0.15) is 12.0 Å². The van der Waals surface area contributed by atoms with E-state index < -0.39 is 10.8 Å². The van der Waals surface area contributed by atoms with Crippen LogP contribution in [0.4, 0.5) is 5.69 Å². The zero-order valence-electron chi connectivity index (χ0n) is 10.4. The summed E-state index contributed by atoms with van der Waals surface area (Å²) >= 11 is 0. The summed E-state index contributed by atoms with van der Waals surface area (Å²) < 4.78 is 10.8. The van der Waals surface area contributed by atoms with Gasteiger partial charge in [-0.15, -0.1) is 0 Å². The monoisotopic (exact) mass is 266 g/mol. The molecule has 18 heavy (non-hydrogen) atoms. The van der Waals surface area contributed by atoms with Crippen molar-refractivity contribution in [2.45, 2.75) is 6.42 Å². The van der Waals surface area contributed by atoms with Crippen molar-refractivity contribution in [3.63, 3.8) is 0 Å². The van der Waals surface area contributed by atoms with Crippen LogP contribution in [0.25, 0.3) is 6.08 Å². The van der Waals surface area contributed by atoms with E-state index >= 15 is 0 Å². The molecule has 0 fully saturated rings.